The molecular formula is C10H17N3O2. The molecule has 1 rings (SSSR count). The highest BCUT2D eigenvalue weighted by Gasteiger charge is 2.01. The van der Waals surface area contributed by atoms with Gasteiger partial charge in [0.1, 0.15) is 0 Å². The summed E-state index contributed by atoms with van der Waals surface area (Å²) in [4.78, 5) is 18.2. The van der Waals surface area contributed by atoms with Gasteiger partial charge in [0.2, 0.25) is 5.91 Å². The monoisotopic (exact) mass is 211 g/mol. The minimum atomic E-state index is 0.0701. The standard InChI is InChI=1S/C10H17N3O2/c1-15-6-2-5-12-10(14)4-3-9-7-11-8-13-9/h7-8H,2-6H2,1H3,(H,11,13)(H,12,14). The number of carbonyl (C=O) groups excluding carboxylic acids is 1. The highest BCUT2D eigenvalue weighted by molar-refractivity contribution is 5.76. The zero-order valence-electron chi connectivity index (χ0n) is 8.95. The fraction of sp³-hybridized carbons (Fsp3) is 0.600. The Kier molecular flexibility index (Phi) is 5.47. The number of imidazole rings is 1. The molecule has 0 spiro atoms. The molecule has 0 aliphatic heterocycles. The van der Waals surface area contributed by atoms with Crippen LogP contribution in [0.4, 0.5) is 0 Å². The van der Waals surface area contributed by atoms with E-state index < -0.39 is 0 Å². The number of ether oxygens (including phenoxy) is 1. The van der Waals surface area contributed by atoms with E-state index in [0.717, 1.165) is 12.1 Å². The summed E-state index contributed by atoms with van der Waals surface area (Å²) in [5, 5.41) is 2.83. The van der Waals surface area contributed by atoms with Gasteiger partial charge in [0, 0.05) is 38.6 Å². The largest absolute Gasteiger partial charge is 0.385 e. The van der Waals surface area contributed by atoms with Crippen molar-refractivity contribution in [3.8, 4) is 0 Å². The number of hydrogen-bond donors (Lipinski definition) is 2. The van der Waals surface area contributed by atoms with E-state index in [1.165, 1.54) is 0 Å². The van der Waals surface area contributed by atoms with E-state index in [9.17, 15) is 4.79 Å². The fourth-order valence-electron chi connectivity index (χ4n) is 1.20. The minimum absolute atomic E-state index is 0.0701. The zero-order chi connectivity index (χ0) is 10.9. The van der Waals surface area contributed by atoms with E-state index >= 15 is 0 Å². The van der Waals surface area contributed by atoms with Crippen LogP contribution in [0.2, 0.25) is 0 Å². The second-order valence-corrected chi connectivity index (χ2v) is 3.27. The molecule has 1 heterocycles. The Morgan fingerprint density at radius 1 is 1.67 bits per heavy atom. The number of amides is 1. The van der Waals surface area contributed by atoms with Crippen molar-refractivity contribution in [2.75, 3.05) is 20.3 Å². The third-order valence-corrected chi connectivity index (χ3v) is 2.02. The summed E-state index contributed by atoms with van der Waals surface area (Å²) in [6.07, 6.45) is 5.40. The van der Waals surface area contributed by atoms with Crippen molar-refractivity contribution < 1.29 is 9.53 Å². The molecule has 0 atom stereocenters. The van der Waals surface area contributed by atoms with Crippen LogP contribution >= 0.6 is 0 Å². The van der Waals surface area contributed by atoms with Crippen molar-refractivity contribution in [1.82, 2.24) is 15.3 Å². The lowest BCUT2D eigenvalue weighted by Gasteiger charge is -2.03. The number of H-pyrrole nitrogens is 1. The van der Waals surface area contributed by atoms with Gasteiger partial charge in [-0.25, -0.2) is 4.98 Å². The van der Waals surface area contributed by atoms with Crippen molar-refractivity contribution in [2.45, 2.75) is 19.3 Å². The first-order valence-electron chi connectivity index (χ1n) is 5.06. The molecule has 84 valence electrons. The van der Waals surface area contributed by atoms with E-state index in [0.29, 0.717) is 26.0 Å². The van der Waals surface area contributed by atoms with Crippen LogP contribution in [-0.4, -0.2) is 36.1 Å². The maximum absolute atomic E-state index is 11.3. The normalized spacial score (nSPS) is 10.2. The molecule has 2 N–H and O–H groups in total. The lowest BCUT2D eigenvalue weighted by molar-refractivity contribution is -0.121. The predicted molar refractivity (Wildman–Crippen MR) is 56.4 cm³/mol. The molecule has 0 aliphatic rings. The maximum atomic E-state index is 11.3. The Balaban J connectivity index is 2.04. The Hall–Kier alpha value is -1.36. The lowest BCUT2D eigenvalue weighted by Crippen LogP contribution is -2.25. The van der Waals surface area contributed by atoms with Gasteiger partial charge in [-0.15, -0.1) is 0 Å². The minimum Gasteiger partial charge on any atom is -0.385 e. The summed E-state index contributed by atoms with van der Waals surface area (Å²) in [6.45, 7) is 1.36. The maximum Gasteiger partial charge on any atom is 0.220 e. The molecule has 0 fully saturated rings. The summed E-state index contributed by atoms with van der Waals surface area (Å²) in [5.74, 6) is 0.0701. The van der Waals surface area contributed by atoms with Gasteiger partial charge < -0.3 is 15.0 Å². The van der Waals surface area contributed by atoms with Crippen LogP contribution in [0.1, 0.15) is 18.5 Å². The van der Waals surface area contributed by atoms with Gasteiger partial charge in [-0.3, -0.25) is 4.79 Å². The highest BCUT2D eigenvalue weighted by Crippen LogP contribution is 1.96. The van der Waals surface area contributed by atoms with Gasteiger partial charge in [-0.2, -0.15) is 0 Å². The molecule has 1 aromatic heterocycles. The molecule has 0 unspecified atom stereocenters. The Bertz CT molecular complexity index is 272. The molecule has 5 heteroatoms. The van der Waals surface area contributed by atoms with E-state index in [4.69, 9.17) is 4.74 Å². The predicted octanol–water partition coefficient (Wildman–Crippen LogP) is 0.495. The molecule has 0 bridgehead atoms. The van der Waals surface area contributed by atoms with Crippen molar-refractivity contribution in [2.24, 2.45) is 0 Å². The molecule has 1 aromatic rings. The highest BCUT2D eigenvalue weighted by atomic mass is 16.5. The van der Waals surface area contributed by atoms with Crippen LogP contribution in [0.5, 0.6) is 0 Å². The number of carbonyl (C=O) groups is 1. The number of nitrogens with zero attached hydrogens (tertiary/aromatic N) is 1. The molecule has 0 saturated carbocycles. The fourth-order valence-corrected chi connectivity index (χ4v) is 1.20. The van der Waals surface area contributed by atoms with Crippen molar-refractivity contribution in [3.05, 3.63) is 18.2 Å². The van der Waals surface area contributed by atoms with Gasteiger partial charge in [-0.1, -0.05) is 0 Å². The number of nitrogens with one attached hydrogen (secondary N) is 2. The first kappa shape index (κ1) is 11.7. The number of aromatic amines is 1. The van der Waals surface area contributed by atoms with Gasteiger partial charge >= 0.3 is 0 Å². The topological polar surface area (TPSA) is 67.0 Å². The Morgan fingerprint density at radius 3 is 3.20 bits per heavy atom. The SMILES string of the molecule is COCCCNC(=O)CCc1cnc[nH]1. The number of aromatic nitrogens is 2. The number of hydrogen-bond acceptors (Lipinski definition) is 3. The average molecular weight is 211 g/mol. The van der Waals surface area contributed by atoms with Gasteiger partial charge in [0.05, 0.1) is 6.33 Å². The Morgan fingerprint density at radius 2 is 2.53 bits per heavy atom. The molecular weight excluding hydrogens is 194 g/mol. The van der Waals surface area contributed by atoms with Crippen molar-refractivity contribution in [3.63, 3.8) is 0 Å². The molecule has 15 heavy (non-hydrogen) atoms. The van der Waals surface area contributed by atoms with E-state index in [-0.39, 0.29) is 5.91 Å². The summed E-state index contributed by atoms with van der Waals surface area (Å²) in [5.41, 5.74) is 0.988. The van der Waals surface area contributed by atoms with E-state index in [1.807, 2.05) is 0 Å². The third kappa shape index (κ3) is 5.17. The third-order valence-electron chi connectivity index (χ3n) is 2.02. The summed E-state index contributed by atoms with van der Waals surface area (Å²) >= 11 is 0. The van der Waals surface area contributed by atoms with Crippen LogP contribution < -0.4 is 5.32 Å². The quantitative estimate of drug-likeness (QED) is 0.645. The second kappa shape index (κ2) is 7.00. The van der Waals surface area contributed by atoms with Crippen molar-refractivity contribution >= 4 is 5.91 Å². The van der Waals surface area contributed by atoms with Gasteiger partial charge in [-0.05, 0) is 12.8 Å². The molecule has 1 amide bonds. The lowest BCUT2D eigenvalue weighted by atomic mass is 10.2. The van der Waals surface area contributed by atoms with E-state index in [1.54, 1.807) is 19.6 Å². The van der Waals surface area contributed by atoms with Crippen LogP contribution in [-0.2, 0) is 16.0 Å². The average Bonchev–Trinajstić information content (AvgIpc) is 2.74. The summed E-state index contributed by atoms with van der Waals surface area (Å²) < 4.78 is 4.88. The molecule has 0 aromatic carbocycles. The zero-order valence-corrected chi connectivity index (χ0v) is 8.95. The number of rotatable bonds is 7. The summed E-state index contributed by atoms with van der Waals surface area (Å²) in [6, 6.07) is 0. The van der Waals surface area contributed by atoms with Crippen molar-refractivity contribution in [1.29, 1.82) is 0 Å². The van der Waals surface area contributed by atoms with Crippen LogP contribution in [0, 0.1) is 0 Å². The van der Waals surface area contributed by atoms with Crippen LogP contribution in [0.15, 0.2) is 12.5 Å². The smallest absolute Gasteiger partial charge is 0.220 e. The Labute approximate surface area is 89.2 Å². The second-order valence-electron chi connectivity index (χ2n) is 3.27. The van der Waals surface area contributed by atoms with E-state index in [2.05, 4.69) is 15.3 Å². The van der Waals surface area contributed by atoms with Crippen LogP contribution in [0.25, 0.3) is 0 Å². The molecule has 0 saturated heterocycles. The molecule has 5 nitrogen and oxygen atoms in total. The first-order valence-corrected chi connectivity index (χ1v) is 5.06. The van der Waals surface area contributed by atoms with Crippen LogP contribution in [0.3, 0.4) is 0 Å². The molecule has 0 aliphatic carbocycles. The number of methoxy groups -OCH3 is 1. The van der Waals surface area contributed by atoms with Gasteiger partial charge in [0.15, 0.2) is 0 Å². The summed E-state index contributed by atoms with van der Waals surface area (Å²) in [7, 11) is 1.65. The molecule has 0 radical (unpaired) electrons. The van der Waals surface area contributed by atoms with Gasteiger partial charge in [0.25, 0.3) is 0 Å². The first-order chi connectivity index (χ1) is 7.33. The number of aryl methyl sites for hydroxylation is 1.